The average Bonchev–Trinajstić information content (AvgIpc) is 3.29. The van der Waals surface area contributed by atoms with Crippen LogP contribution in [0.3, 0.4) is 0 Å². The quantitative estimate of drug-likeness (QED) is 0.641. The normalized spacial score (nSPS) is 14.0. The van der Waals surface area contributed by atoms with Gasteiger partial charge in [-0.2, -0.15) is 0 Å². The number of methoxy groups -OCH3 is 1. The number of rotatable bonds is 10. The highest BCUT2D eigenvalue weighted by Gasteiger charge is 2.22. The maximum absolute atomic E-state index is 11.5. The predicted octanol–water partition coefficient (Wildman–Crippen LogP) is 1.47. The Morgan fingerprint density at radius 3 is 2.67 bits per heavy atom. The fourth-order valence-electron chi connectivity index (χ4n) is 1.90. The smallest absolute Gasteiger partial charge is 0.223 e. The molecular weight excluding hydrogens is 268 g/mol. The Labute approximate surface area is 126 Å². The van der Waals surface area contributed by atoms with Crippen molar-refractivity contribution in [3.63, 3.8) is 0 Å². The van der Waals surface area contributed by atoms with E-state index in [9.17, 15) is 4.79 Å². The number of benzene rings is 1. The minimum atomic E-state index is 0.0801. The van der Waals surface area contributed by atoms with Crippen LogP contribution in [-0.2, 0) is 16.1 Å². The van der Waals surface area contributed by atoms with Crippen molar-refractivity contribution in [1.29, 1.82) is 0 Å². The highest BCUT2D eigenvalue weighted by molar-refractivity contribution is 5.76. The summed E-state index contributed by atoms with van der Waals surface area (Å²) in [5.41, 5.74) is 1.20. The van der Waals surface area contributed by atoms with Gasteiger partial charge >= 0.3 is 0 Å². The van der Waals surface area contributed by atoms with Gasteiger partial charge in [0.15, 0.2) is 0 Å². The van der Waals surface area contributed by atoms with Gasteiger partial charge in [-0.25, -0.2) is 0 Å². The third-order valence-corrected chi connectivity index (χ3v) is 3.28. The average molecular weight is 292 g/mol. The zero-order valence-electron chi connectivity index (χ0n) is 12.6. The van der Waals surface area contributed by atoms with Crippen molar-refractivity contribution in [1.82, 2.24) is 10.6 Å². The van der Waals surface area contributed by atoms with Crippen molar-refractivity contribution in [3.8, 4) is 5.75 Å². The molecule has 0 heterocycles. The van der Waals surface area contributed by atoms with Gasteiger partial charge in [0.05, 0.1) is 19.6 Å². The molecule has 2 N–H and O–H groups in total. The van der Waals surface area contributed by atoms with Crippen LogP contribution in [0.4, 0.5) is 0 Å². The van der Waals surface area contributed by atoms with Gasteiger partial charge < -0.3 is 20.1 Å². The van der Waals surface area contributed by atoms with Crippen LogP contribution >= 0.6 is 0 Å². The number of amides is 1. The Morgan fingerprint density at radius 1 is 1.24 bits per heavy atom. The van der Waals surface area contributed by atoms with Crippen molar-refractivity contribution in [2.45, 2.75) is 31.8 Å². The zero-order valence-corrected chi connectivity index (χ0v) is 12.6. The molecule has 1 amide bonds. The first-order chi connectivity index (χ1) is 10.3. The molecule has 0 radical (unpaired) electrons. The van der Waals surface area contributed by atoms with E-state index in [2.05, 4.69) is 10.6 Å². The molecule has 1 aliphatic rings. The summed E-state index contributed by atoms with van der Waals surface area (Å²) in [6.45, 7) is 2.78. The van der Waals surface area contributed by atoms with E-state index in [4.69, 9.17) is 9.47 Å². The summed E-state index contributed by atoms with van der Waals surface area (Å²) >= 11 is 0. The summed E-state index contributed by atoms with van der Waals surface area (Å²) in [5, 5.41) is 6.23. The first kappa shape index (κ1) is 15.8. The first-order valence-corrected chi connectivity index (χ1v) is 7.48. The van der Waals surface area contributed by atoms with E-state index in [-0.39, 0.29) is 5.91 Å². The largest absolute Gasteiger partial charge is 0.493 e. The second kappa shape index (κ2) is 8.64. The molecule has 0 atom stereocenters. The van der Waals surface area contributed by atoms with Crippen LogP contribution in [0.5, 0.6) is 5.75 Å². The van der Waals surface area contributed by atoms with Gasteiger partial charge in [0, 0.05) is 26.2 Å². The molecule has 2 rings (SSSR count). The Balaban J connectivity index is 1.61. The van der Waals surface area contributed by atoms with E-state index in [1.165, 1.54) is 5.56 Å². The Kier molecular flexibility index (Phi) is 6.50. The molecule has 0 saturated heterocycles. The molecule has 1 aromatic carbocycles. The number of carbonyl (C=O) groups excluding carboxylic acids is 1. The molecule has 21 heavy (non-hydrogen) atoms. The van der Waals surface area contributed by atoms with Gasteiger partial charge in [-0.3, -0.25) is 4.79 Å². The molecule has 116 valence electrons. The molecule has 0 aliphatic heterocycles. The first-order valence-electron chi connectivity index (χ1n) is 7.48. The molecule has 0 bridgehead atoms. The fourth-order valence-corrected chi connectivity index (χ4v) is 1.90. The van der Waals surface area contributed by atoms with Gasteiger partial charge in [0.1, 0.15) is 5.75 Å². The number of nitrogens with one attached hydrogen (secondary N) is 2. The number of hydrogen-bond donors (Lipinski definition) is 2. The van der Waals surface area contributed by atoms with Crippen LogP contribution in [0.15, 0.2) is 24.3 Å². The summed E-state index contributed by atoms with van der Waals surface area (Å²) in [7, 11) is 1.69. The molecule has 0 spiro atoms. The summed E-state index contributed by atoms with van der Waals surface area (Å²) in [6, 6.07) is 8.35. The third kappa shape index (κ3) is 6.60. The van der Waals surface area contributed by atoms with Gasteiger partial charge in [0.25, 0.3) is 0 Å². The van der Waals surface area contributed by atoms with E-state index < -0.39 is 0 Å². The topological polar surface area (TPSA) is 59.6 Å². The van der Waals surface area contributed by atoms with Gasteiger partial charge in [0.2, 0.25) is 5.91 Å². The van der Waals surface area contributed by atoms with Gasteiger partial charge in [-0.15, -0.1) is 0 Å². The fraction of sp³-hybridized carbons (Fsp3) is 0.562. The van der Waals surface area contributed by atoms with Crippen LogP contribution in [0.2, 0.25) is 0 Å². The standard InChI is InChI=1S/C16H24N2O3/c1-20-11-9-17-12-13-2-6-15(7-3-13)21-10-8-16(19)18-14-4-5-14/h2-3,6-7,14,17H,4-5,8-12H2,1H3,(H,18,19). The van der Waals surface area contributed by atoms with Crippen LogP contribution in [0.1, 0.15) is 24.8 Å². The Morgan fingerprint density at radius 2 is 2.00 bits per heavy atom. The predicted molar refractivity (Wildman–Crippen MR) is 81.3 cm³/mol. The molecule has 1 aliphatic carbocycles. The summed E-state index contributed by atoms with van der Waals surface area (Å²) in [6.07, 6.45) is 2.65. The number of hydrogen-bond acceptors (Lipinski definition) is 4. The van der Waals surface area contributed by atoms with Crippen molar-refractivity contribution in [2.24, 2.45) is 0 Å². The van der Waals surface area contributed by atoms with Gasteiger partial charge in [-0.1, -0.05) is 12.1 Å². The van der Waals surface area contributed by atoms with E-state index in [0.717, 1.165) is 31.7 Å². The molecule has 5 nitrogen and oxygen atoms in total. The van der Waals surface area contributed by atoms with Crippen molar-refractivity contribution < 1.29 is 14.3 Å². The SMILES string of the molecule is COCCNCc1ccc(OCCC(=O)NC2CC2)cc1. The number of carbonyl (C=O) groups is 1. The van der Waals surface area contributed by atoms with E-state index in [0.29, 0.717) is 25.7 Å². The lowest BCUT2D eigenvalue weighted by molar-refractivity contribution is -0.121. The number of ether oxygens (including phenoxy) is 2. The lowest BCUT2D eigenvalue weighted by Gasteiger charge is -2.08. The molecule has 1 saturated carbocycles. The maximum Gasteiger partial charge on any atom is 0.223 e. The lowest BCUT2D eigenvalue weighted by Crippen LogP contribution is -2.26. The van der Waals surface area contributed by atoms with Crippen LogP contribution in [-0.4, -0.2) is 38.8 Å². The van der Waals surface area contributed by atoms with Crippen LogP contribution in [0.25, 0.3) is 0 Å². The highest BCUT2D eigenvalue weighted by Crippen LogP contribution is 2.18. The van der Waals surface area contributed by atoms with E-state index >= 15 is 0 Å². The Bertz CT molecular complexity index is 430. The van der Waals surface area contributed by atoms with Crippen LogP contribution < -0.4 is 15.4 Å². The van der Waals surface area contributed by atoms with E-state index in [1.54, 1.807) is 7.11 Å². The highest BCUT2D eigenvalue weighted by atomic mass is 16.5. The van der Waals surface area contributed by atoms with E-state index in [1.807, 2.05) is 24.3 Å². The molecule has 0 aromatic heterocycles. The second-order valence-electron chi connectivity index (χ2n) is 5.25. The lowest BCUT2D eigenvalue weighted by atomic mass is 10.2. The van der Waals surface area contributed by atoms with Crippen molar-refractivity contribution >= 4 is 5.91 Å². The van der Waals surface area contributed by atoms with Crippen molar-refractivity contribution in [3.05, 3.63) is 29.8 Å². The summed E-state index contributed by atoms with van der Waals surface area (Å²) in [4.78, 5) is 11.5. The summed E-state index contributed by atoms with van der Waals surface area (Å²) in [5.74, 6) is 0.881. The third-order valence-electron chi connectivity index (χ3n) is 3.28. The summed E-state index contributed by atoms with van der Waals surface area (Å²) < 4.78 is 10.6. The second-order valence-corrected chi connectivity index (χ2v) is 5.25. The molecule has 1 aromatic rings. The molecule has 0 unspecified atom stereocenters. The molecule has 5 heteroatoms. The maximum atomic E-state index is 11.5. The minimum Gasteiger partial charge on any atom is -0.493 e. The molecule has 1 fully saturated rings. The monoisotopic (exact) mass is 292 g/mol. The van der Waals surface area contributed by atoms with Gasteiger partial charge in [-0.05, 0) is 30.5 Å². The Hall–Kier alpha value is -1.59. The minimum absolute atomic E-state index is 0.0801. The molecular formula is C16H24N2O3. The zero-order chi connectivity index (χ0) is 14.9. The van der Waals surface area contributed by atoms with Crippen molar-refractivity contribution in [2.75, 3.05) is 26.9 Å². The van der Waals surface area contributed by atoms with Crippen LogP contribution in [0, 0.1) is 0 Å².